The number of aromatic nitrogens is 2. The second-order valence-electron chi connectivity index (χ2n) is 6.12. The van der Waals surface area contributed by atoms with Gasteiger partial charge in [0.25, 0.3) is 0 Å². The lowest BCUT2D eigenvalue weighted by molar-refractivity contribution is 0.324. The summed E-state index contributed by atoms with van der Waals surface area (Å²) < 4.78 is 16.2. The van der Waals surface area contributed by atoms with Gasteiger partial charge < -0.3 is 24.4 Å². The van der Waals surface area contributed by atoms with Gasteiger partial charge in [-0.2, -0.15) is 4.98 Å². The summed E-state index contributed by atoms with van der Waals surface area (Å²) in [5.41, 5.74) is 2.62. The third-order valence-corrected chi connectivity index (χ3v) is 4.25. The van der Waals surface area contributed by atoms with Gasteiger partial charge in [0.05, 0.1) is 21.3 Å². The first-order chi connectivity index (χ1) is 13.5. The number of nitrogens with one attached hydrogen (secondary N) is 1. The standard InChI is InChI=1S/C21H24N4O3/c1-14-11-19(25(2)16-9-7-6-8-10-16)24-21(22-14)23-15-12-17(26-3)20(28-5)18(13-15)27-4/h6-13H,1-5H3,(H,22,23,24). The van der Waals surface area contributed by atoms with Gasteiger partial charge >= 0.3 is 0 Å². The number of hydrogen-bond donors (Lipinski definition) is 1. The van der Waals surface area contributed by atoms with Crippen LogP contribution in [0.4, 0.5) is 23.1 Å². The average molecular weight is 380 g/mol. The van der Waals surface area contributed by atoms with Gasteiger partial charge in [-0.25, -0.2) is 4.98 Å². The Kier molecular flexibility index (Phi) is 5.84. The monoisotopic (exact) mass is 380 g/mol. The fourth-order valence-electron chi connectivity index (χ4n) is 2.85. The molecule has 28 heavy (non-hydrogen) atoms. The number of benzene rings is 2. The highest BCUT2D eigenvalue weighted by Crippen LogP contribution is 2.40. The Labute approximate surface area is 164 Å². The van der Waals surface area contributed by atoms with E-state index in [0.29, 0.717) is 23.2 Å². The molecule has 3 aromatic rings. The van der Waals surface area contributed by atoms with Crippen molar-refractivity contribution >= 4 is 23.1 Å². The number of para-hydroxylation sites is 1. The largest absolute Gasteiger partial charge is 0.493 e. The lowest BCUT2D eigenvalue weighted by atomic mass is 10.2. The number of anilines is 4. The van der Waals surface area contributed by atoms with Crippen LogP contribution in [0.1, 0.15) is 5.69 Å². The number of methoxy groups -OCH3 is 3. The highest BCUT2D eigenvalue weighted by atomic mass is 16.5. The highest BCUT2D eigenvalue weighted by molar-refractivity contribution is 5.67. The Balaban J connectivity index is 1.94. The number of hydrogen-bond acceptors (Lipinski definition) is 7. The molecular formula is C21H24N4O3. The SMILES string of the molecule is COc1cc(Nc2nc(C)cc(N(C)c3ccccc3)n2)cc(OC)c1OC. The molecule has 3 rings (SSSR count). The summed E-state index contributed by atoms with van der Waals surface area (Å²) in [4.78, 5) is 11.2. The number of ether oxygens (including phenoxy) is 3. The van der Waals surface area contributed by atoms with Crippen LogP contribution in [0.15, 0.2) is 48.5 Å². The van der Waals surface area contributed by atoms with Gasteiger partial charge in [-0.3, -0.25) is 0 Å². The van der Waals surface area contributed by atoms with E-state index in [0.717, 1.165) is 22.9 Å². The molecule has 0 atom stereocenters. The lowest BCUT2D eigenvalue weighted by Crippen LogP contribution is -2.13. The van der Waals surface area contributed by atoms with E-state index in [4.69, 9.17) is 14.2 Å². The maximum absolute atomic E-state index is 5.41. The molecule has 7 nitrogen and oxygen atoms in total. The summed E-state index contributed by atoms with van der Waals surface area (Å²) in [6.07, 6.45) is 0. The van der Waals surface area contributed by atoms with E-state index in [9.17, 15) is 0 Å². The number of rotatable bonds is 7. The zero-order valence-electron chi connectivity index (χ0n) is 16.7. The Bertz CT molecular complexity index is 923. The third-order valence-electron chi connectivity index (χ3n) is 4.25. The maximum Gasteiger partial charge on any atom is 0.229 e. The zero-order chi connectivity index (χ0) is 20.1. The van der Waals surface area contributed by atoms with E-state index in [1.165, 1.54) is 0 Å². The minimum Gasteiger partial charge on any atom is -0.493 e. The lowest BCUT2D eigenvalue weighted by Gasteiger charge is -2.20. The third kappa shape index (κ3) is 4.09. The molecule has 1 heterocycles. The first-order valence-electron chi connectivity index (χ1n) is 8.77. The molecule has 1 aromatic heterocycles. The van der Waals surface area contributed by atoms with Gasteiger partial charge in [-0.1, -0.05) is 18.2 Å². The minimum atomic E-state index is 0.479. The van der Waals surface area contributed by atoms with Crippen LogP contribution >= 0.6 is 0 Å². The van der Waals surface area contributed by atoms with Crippen LogP contribution in [0.3, 0.4) is 0 Å². The summed E-state index contributed by atoms with van der Waals surface area (Å²) in [6, 6.07) is 15.6. The smallest absolute Gasteiger partial charge is 0.229 e. The predicted octanol–water partition coefficient (Wildman–Crippen LogP) is 4.32. The predicted molar refractivity (Wildman–Crippen MR) is 111 cm³/mol. The van der Waals surface area contributed by atoms with Crippen LogP contribution in [0.2, 0.25) is 0 Å². The van der Waals surface area contributed by atoms with Crippen molar-refractivity contribution < 1.29 is 14.2 Å². The molecule has 0 saturated heterocycles. The molecule has 1 N–H and O–H groups in total. The molecule has 0 spiro atoms. The summed E-state index contributed by atoms with van der Waals surface area (Å²) in [6.45, 7) is 1.93. The van der Waals surface area contributed by atoms with E-state index in [1.807, 2.05) is 67.4 Å². The van der Waals surface area contributed by atoms with Gasteiger partial charge in [0.2, 0.25) is 11.7 Å². The number of aryl methyl sites for hydroxylation is 1. The zero-order valence-corrected chi connectivity index (χ0v) is 16.7. The molecule has 7 heteroatoms. The molecule has 0 bridgehead atoms. The molecule has 0 radical (unpaired) electrons. The van der Waals surface area contributed by atoms with E-state index in [1.54, 1.807) is 21.3 Å². The van der Waals surface area contributed by atoms with Gasteiger partial charge in [0, 0.05) is 42.3 Å². The van der Waals surface area contributed by atoms with E-state index < -0.39 is 0 Å². The Morgan fingerprint density at radius 1 is 0.857 bits per heavy atom. The van der Waals surface area contributed by atoms with Crippen molar-refractivity contribution in [2.45, 2.75) is 6.92 Å². The van der Waals surface area contributed by atoms with E-state index in [-0.39, 0.29) is 0 Å². The summed E-state index contributed by atoms with van der Waals surface area (Å²) in [5, 5.41) is 3.23. The van der Waals surface area contributed by atoms with Crippen molar-refractivity contribution in [1.82, 2.24) is 9.97 Å². The molecule has 0 unspecified atom stereocenters. The molecule has 146 valence electrons. The summed E-state index contributed by atoms with van der Waals surface area (Å²) in [7, 11) is 6.71. The second kappa shape index (κ2) is 8.47. The normalized spacial score (nSPS) is 10.3. The molecule has 0 amide bonds. The van der Waals surface area contributed by atoms with Crippen molar-refractivity contribution in [3.8, 4) is 17.2 Å². The first-order valence-corrected chi connectivity index (χ1v) is 8.77. The molecule has 0 aliphatic carbocycles. The van der Waals surface area contributed by atoms with Crippen LogP contribution in [0.25, 0.3) is 0 Å². The van der Waals surface area contributed by atoms with Crippen LogP contribution in [0.5, 0.6) is 17.2 Å². The topological polar surface area (TPSA) is 68.7 Å². The van der Waals surface area contributed by atoms with Crippen LogP contribution < -0.4 is 24.4 Å². The molecule has 0 aliphatic heterocycles. The van der Waals surface area contributed by atoms with Crippen molar-refractivity contribution in [3.05, 3.63) is 54.2 Å². The van der Waals surface area contributed by atoms with Gasteiger partial charge in [0.15, 0.2) is 11.5 Å². The van der Waals surface area contributed by atoms with Crippen molar-refractivity contribution in [3.63, 3.8) is 0 Å². The summed E-state index contributed by atoms with van der Waals surface area (Å²) in [5.74, 6) is 2.91. The van der Waals surface area contributed by atoms with Gasteiger partial charge in [-0.15, -0.1) is 0 Å². The fraction of sp³-hybridized carbons (Fsp3) is 0.238. The Morgan fingerprint density at radius 3 is 2.07 bits per heavy atom. The molecule has 2 aromatic carbocycles. The Hall–Kier alpha value is -3.48. The van der Waals surface area contributed by atoms with Crippen LogP contribution in [-0.2, 0) is 0 Å². The first kappa shape index (κ1) is 19.3. The quantitative estimate of drug-likeness (QED) is 0.654. The number of nitrogens with zero attached hydrogens (tertiary/aromatic N) is 3. The molecular weight excluding hydrogens is 356 g/mol. The van der Waals surface area contributed by atoms with E-state index >= 15 is 0 Å². The maximum atomic E-state index is 5.41. The van der Waals surface area contributed by atoms with Crippen LogP contribution in [0, 0.1) is 6.92 Å². The summed E-state index contributed by atoms with van der Waals surface area (Å²) >= 11 is 0. The molecule has 0 saturated carbocycles. The fourth-order valence-corrected chi connectivity index (χ4v) is 2.85. The second-order valence-corrected chi connectivity index (χ2v) is 6.12. The van der Waals surface area contributed by atoms with Gasteiger partial charge in [-0.05, 0) is 19.1 Å². The van der Waals surface area contributed by atoms with Gasteiger partial charge in [0.1, 0.15) is 5.82 Å². The van der Waals surface area contributed by atoms with E-state index in [2.05, 4.69) is 15.3 Å². The molecule has 0 fully saturated rings. The average Bonchev–Trinajstić information content (AvgIpc) is 2.72. The van der Waals surface area contributed by atoms with Crippen molar-refractivity contribution in [2.75, 3.05) is 38.6 Å². The molecule has 0 aliphatic rings. The van der Waals surface area contributed by atoms with Crippen molar-refractivity contribution in [1.29, 1.82) is 0 Å². The highest BCUT2D eigenvalue weighted by Gasteiger charge is 2.15. The Morgan fingerprint density at radius 2 is 1.50 bits per heavy atom. The van der Waals surface area contributed by atoms with Crippen molar-refractivity contribution in [2.24, 2.45) is 0 Å². The minimum absolute atomic E-state index is 0.479. The van der Waals surface area contributed by atoms with Crippen LogP contribution in [-0.4, -0.2) is 38.3 Å².